The standard InChI is InChI=1S/C15H10FN3O/c16-13-7-10(9-18)1-4-15(13)20-12-2-3-14(19)11(8-12)5-6-17/h1-4,7-8H,5,19H2. The van der Waals surface area contributed by atoms with E-state index in [1.807, 2.05) is 12.1 Å². The third-order valence-corrected chi connectivity index (χ3v) is 2.67. The first-order chi connectivity index (χ1) is 9.63. The number of ether oxygens (including phenoxy) is 1. The molecule has 0 aliphatic heterocycles. The molecule has 0 aliphatic rings. The molecule has 0 spiro atoms. The highest BCUT2D eigenvalue weighted by molar-refractivity contribution is 5.52. The van der Waals surface area contributed by atoms with E-state index in [4.69, 9.17) is 21.0 Å². The van der Waals surface area contributed by atoms with Crippen molar-refractivity contribution in [3.05, 3.63) is 53.3 Å². The number of rotatable bonds is 3. The van der Waals surface area contributed by atoms with E-state index < -0.39 is 5.82 Å². The Hall–Kier alpha value is -3.05. The van der Waals surface area contributed by atoms with Crippen molar-refractivity contribution in [1.29, 1.82) is 10.5 Å². The molecule has 4 nitrogen and oxygen atoms in total. The van der Waals surface area contributed by atoms with Gasteiger partial charge in [0.1, 0.15) is 5.75 Å². The van der Waals surface area contributed by atoms with E-state index >= 15 is 0 Å². The molecule has 0 saturated carbocycles. The number of nitrogens with zero attached hydrogens (tertiary/aromatic N) is 2. The second-order valence-electron chi connectivity index (χ2n) is 4.05. The molecule has 0 aromatic heterocycles. The highest BCUT2D eigenvalue weighted by Gasteiger charge is 2.08. The van der Waals surface area contributed by atoms with E-state index in [2.05, 4.69) is 0 Å². The first kappa shape index (κ1) is 13.4. The van der Waals surface area contributed by atoms with Crippen LogP contribution >= 0.6 is 0 Å². The first-order valence-corrected chi connectivity index (χ1v) is 5.77. The maximum absolute atomic E-state index is 13.7. The molecule has 0 atom stereocenters. The van der Waals surface area contributed by atoms with Crippen molar-refractivity contribution in [3.63, 3.8) is 0 Å². The van der Waals surface area contributed by atoms with Crippen LogP contribution in [0.4, 0.5) is 10.1 Å². The Morgan fingerprint density at radius 3 is 2.60 bits per heavy atom. The second kappa shape index (κ2) is 5.73. The second-order valence-corrected chi connectivity index (χ2v) is 4.05. The number of nitriles is 2. The number of benzene rings is 2. The van der Waals surface area contributed by atoms with Crippen molar-refractivity contribution in [2.45, 2.75) is 6.42 Å². The van der Waals surface area contributed by atoms with Crippen LogP contribution in [0.3, 0.4) is 0 Å². The van der Waals surface area contributed by atoms with Gasteiger partial charge in [-0.05, 0) is 42.0 Å². The lowest BCUT2D eigenvalue weighted by Crippen LogP contribution is -1.95. The van der Waals surface area contributed by atoms with Crippen molar-refractivity contribution < 1.29 is 9.13 Å². The molecule has 0 heterocycles. The summed E-state index contributed by atoms with van der Waals surface area (Å²) in [6, 6.07) is 12.6. The van der Waals surface area contributed by atoms with E-state index in [0.717, 1.165) is 6.07 Å². The zero-order chi connectivity index (χ0) is 14.5. The Morgan fingerprint density at radius 1 is 1.15 bits per heavy atom. The normalized spacial score (nSPS) is 9.55. The predicted octanol–water partition coefficient (Wildman–Crippen LogP) is 3.14. The van der Waals surface area contributed by atoms with E-state index in [1.165, 1.54) is 12.1 Å². The Balaban J connectivity index is 2.29. The van der Waals surface area contributed by atoms with E-state index in [1.54, 1.807) is 18.2 Å². The summed E-state index contributed by atoms with van der Waals surface area (Å²) in [6.45, 7) is 0. The number of anilines is 1. The molecule has 2 rings (SSSR count). The minimum Gasteiger partial charge on any atom is -0.454 e. The molecule has 5 heteroatoms. The van der Waals surface area contributed by atoms with Crippen LogP contribution < -0.4 is 10.5 Å². The van der Waals surface area contributed by atoms with Crippen molar-refractivity contribution in [1.82, 2.24) is 0 Å². The third-order valence-electron chi connectivity index (χ3n) is 2.67. The molecule has 0 unspecified atom stereocenters. The highest BCUT2D eigenvalue weighted by atomic mass is 19.1. The van der Waals surface area contributed by atoms with Crippen LogP contribution in [0.15, 0.2) is 36.4 Å². The monoisotopic (exact) mass is 267 g/mol. The number of hydrogen-bond acceptors (Lipinski definition) is 4. The lowest BCUT2D eigenvalue weighted by molar-refractivity contribution is 0.442. The Morgan fingerprint density at radius 2 is 1.95 bits per heavy atom. The number of nitrogens with two attached hydrogens (primary N) is 1. The molecule has 2 aromatic carbocycles. The zero-order valence-electron chi connectivity index (χ0n) is 10.4. The smallest absolute Gasteiger partial charge is 0.167 e. The lowest BCUT2D eigenvalue weighted by Gasteiger charge is -2.09. The average molecular weight is 267 g/mol. The predicted molar refractivity (Wildman–Crippen MR) is 71.4 cm³/mol. The topological polar surface area (TPSA) is 82.8 Å². The molecule has 98 valence electrons. The van der Waals surface area contributed by atoms with Gasteiger partial charge in [-0.15, -0.1) is 0 Å². The fourth-order valence-electron chi connectivity index (χ4n) is 1.66. The van der Waals surface area contributed by atoms with Crippen LogP contribution in [-0.2, 0) is 6.42 Å². The summed E-state index contributed by atoms with van der Waals surface area (Å²) in [6.07, 6.45) is 0.152. The minimum absolute atomic E-state index is 0.0108. The van der Waals surface area contributed by atoms with E-state index in [9.17, 15) is 4.39 Å². The largest absolute Gasteiger partial charge is 0.454 e. The van der Waals surface area contributed by atoms with Crippen LogP contribution in [0.1, 0.15) is 11.1 Å². The summed E-state index contributed by atoms with van der Waals surface area (Å²) in [5.74, 6) is -0.229. The SMILES string of the molecule is N#CCc1cc(Oc2ccc(C#N)cc2F)ccc1N. The molecule has 0 aliphatic carbocycles. The van der Waals surface area contributed by atoms with Gasteiger partial charge in [0.25, 0.3) is 0 Å². The van der Waals surface area contributed by atoms with Gasteiger partial charge in [-0.3, -0.25) is 0 Å². The van der Waals surface area contributed by atoms with Crippen LogP contribution in [-0.4, -0.2) is 0 Å². The van der Waals surface area contributed by atoms with Gasteiger partial charge in [0.15, 0.2) is 11.6 Å². The molecule has 0 bridgehead atoms. The van der Waals surface area contributed by atoms with Crippen LogP contribution in [0.2, 0.25) is 0 Å². The summed E-state index contributed by atoms with van der Waals surface area (Å²) in [5.41, 5.74) is 7.05. The Kier molecular flexibility index (Phi) is 3.83. The van der Waals surface area contributed by atoms with Crippen molar-refractivity contribution in [2.24, 2.45) is 0 Å². The molecule has 0 saturated heterocycles. The number of hydrogen-bond donors (Lipinski definition) is 1. The molecule has 0 radical (unpaired) electrons. The number of nitrogen functional groups attached to an aromatic ring is 1. The van der Waals surface area contributed by atoms with Crippen LogP contribution in [0, 0.1) is 28.5 Å². The van der Waals surface area contributed by atoms with Crippen molar-refractivity contribution in [3.8, 4) is 23.6 Å². The first-order valence-electron chi connectivity index (χ1n) is 5.77. The van der Waals surface area contributed by atoms with Gasteiger partial charge < -0.3 is 10.5 Å². The minimum atomic E-state index is -0.622. The third kappa shape index (κ3) is 2.85. The summed E-state index contributed by atoms with van der Waals surface area (Å²) >= 11 is 0. The Labute approximate surface area is 115 Å². The van der Waals surface area contributed by atoms with Crippen LogP contribution in [0.25, 0.3) is 0 Å². The molecule has 0 fully saturated rings. The molecule has 20 heavy (non-hydrogen) atoms. The van der Waals surface area contributed by atoms with Crippen molar-refractivity contribution in [2.75, 3.05) is 5.73 Å². The fourth-order valence-corrected chi connectivity index (χ4v) is 1.66. The van der Waals surface area contributed by atoms with Crippen LogP contribution in [0.5, 0.6) is 11.5 Å². The summed E-state index contributed by atoms with van der Waals surface area (Å²) < 4.78 is 19.1. The van der Waals surface area contributed by atoms with E-state index in [0.29, 0.717) is 17.0 Å². The lowest BCUT2D eigenvalue weighted by atomic mass is 10.1. The highest BCUT2D eigenvalue weighted by Crippen LogP contribution is 2.27. The van der Waals surface area contributed by atoms with Crippen molar-refractivity contribution >= 4 is 5.69 Å². The van der Waals surface area contributed by atoms with Gasteiger partial charge in [0.05, 0.1) is 24.1 Å². The van der Waals surface area contributed by atoms with Gasteiger partial charge in [0.2, 0.25) is 0 Å². The van der Waals surface area contributed by atoms with Gasteiger partial charge in [-0.1, -0.05) is 0 Å². The summed E-state index contributed by atoms with van der Waals surface area (Å²) in [7, 11) is 0. The van der Waals surface area contributed by atoms with Gasteiger partial charge >= 0.3 is 0 Å². The zero-order valence-corrected chi connectivity index (χ0v) is 10.4. The van der Waals surface area contributed by atoms with Gasteiger partial charge in [-0.2, -0.15) is 10.5 Å². The quantitative estimate of drug-likeness (QED) is 0.866. The number of halogens is 1. The van der Waals surface area contributed by atoms with Gasteiger partial charge in [-0.25, -0.2) is 4.39 Å². The Bertz CT molecular complexity index is 729. The summed E-state index contributed by atoms with van der Waals surface area (Å²) in [5, 5.41) is 17.4. The summed E-state index contributed by atoms with van der Waals surface area (Å²) in [4.78, 5) is 0. The van der Waals surface area contributed by atoms with E-state index in [-0.39, 0.29) is 17.7 Å². The molecule has 0 amide bonds. The molecule has 2 N–H and O–H groups in total. The molecular weight excluding hydrogens is 257 g/mol. The fraction of sp³-hybridized carbons (Fsp3) is 0.0667. The maximum Gasteiger partial charge on any atom is 0.167 e. The maximum atomic E-state index is 13.7. The molecule has 2 aromatic rings. The molecular formula is C15H10FN3O. The van der Waals surface area contributed by atoms with Gasteiger partial charge in [0, 0.05) is 5.69 Å². The average Bonchev–Trinajstić information content (AvgIpc) is 2.45.